The van der Waals surface area contributed by atoms with Gasteiger partial charge in [-0.2, -0.15) is 0 Å². The second-order valence-corrected chi connectivity index (χ2v) is 9.59. The molecule has 3 atom stereocenters. The summed E-state index contributed by atoms with van der Waals surface area (Å²) >= 11 is 4.92. The van der Waals surface area contributed by atoms with Gasteiger partial charge in [-0.05, 0) is 24.6 Å². The molecule has 1 aromatic heterocycles. The van der Waals surface area contributed by atoms with Crippen molar-refractivity contribution >= 4 is 39.2 Å². The summed E-state index contributed by atoms with van der Waals surface area (Å²) in [6.45, 7) is 3.49. The van der Waals surface area contributed by atoms with Crippen LogP contribution in [0.3, 0.4) is 0 Å². The fraction of sp³-hybridized carbons (Fsp3) is 0.409. The van der Waals surface area contributed by atoms with Gasteiger partial charge in [-0.3, -0.25) is 9.89 Å². The van der Waals surface area contributed by atoms with Gasteiger partial charge in [0.05, 0.1) is 12.6 Å². The van der Waals surface area contributed by atoms with Gasteiger partial charge < -0.3 is 19.5 Å². The number of amidine groups is 1. The first-order chi connectivity index (χ1) is 16.0. The summed E-state index contributed by atoms with van der Waals surface area (Å²) in [6, 6.07) is 3.66. The maximum absolute atomic E-state index is 13.8. The highest BCUT2D eigenvalue weighted by Crippen LogP contribution is 2.44. The van der Waals surface area contributed by atoms with Crippen molar-refractivity contribution in [3.05, 3.63) is 61.9 Å². The number of amides is 1. The summed E-state index contributed by atoms with van der Waals surface area (Å²) in [6.07, 6.45) is 0.678. The van der Waals surface area contributed by atoms with Crippen LogP contribution in [0.15, 0.2) is 50.5 Å². The molecular weight excluding hydrogens is 515 g/mol. The Bertz CT molecular complexity index is 1130. The van der Waals surface area contributed by atoms with E-state index in [0.29, 0.717) is 54.2 Å². The van der Waals surface area contributed by atoms with Crippen LogP contribution in [0.1, 0.15) is 30.0 Å². The second kappa shape index (κ2) is 9.13. The van der Waals surface area contributed by atoms with Crippen LogP contribution in [0.2, 0.25) is 0 Å². The van der Waals surface area contributed by atoms with E-state index in [4.69, 9.17) is 14.5 Å². The van der Waals surface area contributed by atoms with Gasteiger partial charge >= 0.3 is 6.09 Å². The lowest BCUT2D eigenvalue weighted by molar-refractivity contribution is -0.0719. The predicted molar refractivity (Wildman–Crippen MR) is 123 cm³/mol. The van der Waals surface area contributed by atoms with Gasteiger partial charge in [-0.15, -0.1) is 11.3 Å². The summed E-state index contributed by atoms with van der Waals surface area (Å²) in [5, 5.41) is 13.6. The van der Waals surface area contributed by atoms with Crippen molar-refractivity contribution in [2.45, 2.75) is 31.7 Å². The molecule has 0 saturated carbocycles. The molecule has 3 aliphatic heterocycles. The summed E-state index contributed by atoms with van der Waals surface area (Å²) in [5.74, 6) is 0.281. The number of thiazole rings is 1. The van der Waals surface area contributed by atoms with Crippen LogP contribution in [0, 0.1) is 5.82 Å². The number of hydrogen-bond acceptors (Lipinski definition) is 8. The molecule has 2 saturated heterocycles. The third-order valence-corrected chi connectivity index (χ3v) is 7.44. The molecule has 2 fully saturated rings. The largest absolute Gasteiger partial charge is 0.448 e. The van der Waals surface area contributed by atoms with Gasteiger partial charge in [0.2, 0.25) is 0 Å². The average Bonchev–Trinajstić information content (AvgIpc) is 3.53. The molecule has 174 valence electrons. The second-order valence-electron chi connectivity index (χ2n) is 7.84. The number of carbonyl (C=O) groups excluding carboxylic acids is 1. The third-order valence-electron chi connectivity index (χ3n) is 5.99. The van der Waals surface area contributed by atoms with Gasteiger partial charge in [0.1, 0.15) is 18.5 Å². The van der Waals surface area contributed by atoms with Crippen molar-refractivity contribution in [1.29, 1.82) is 0 Å². The van der Waals surface area contributed by atoms with Crippen LogP contribution in [-0.4, -0.2) is 70.5 Å². The Morgan fingerprint density at radius 2 is 2.30 bits per heavy atom. The molecule has 4 heterocycles. The number of aromatic nitrogens is 1. The number of cyclic esters (lactones) is 1. The first-order valence-electron chi connectivity index (χ1n) is 10.6. The SMILES string of the molecule is CCOC(O)C1=C2C[C@@H](N3CCOC3=O)CN2C(c2nccs2)=N[C@H]1c1ccc(F)cc1Br. The number of aliphatic hydroxyl groups is 1. The molecule has 11 heteroatoms. The molecule has 1 amide bonds. The number of carbonyl (C=O) groups is 1. The zero-order chi connectivity index (χ0) is 23.1. The van der Waals surface area contributed by atoms with Crippen molar-refractivity contribution in [3.8, 4) is 0 Å². The minimum atomic E-state index is -1.21. The molecule has 8 nitrogen and oxygen atoms in total. The Hall–Kier alpha value is -2.34. The molecular formula is C22H22BrFN4O4S. The van der Waals surface area contributed by atoms with E-state index >= 15 is 0 Å². The molecule has 0 spiro atoms. The lowest BCUT2D eigenvalue weighted by Gasteiger charge is -2.34. The number of aliphatic imine (C=N–C) groups is 1. The first kappa shape index (κ1) is 22.5. The third kappa shape index (κ3) is 4.07. The number of nitrogens with zero attached hydrogens (tertiary/aromatic N) is 4. The zero-order valence-electron chi connectivity index (χ0n) is 17.8. The highest BCUT2D eigenvalue weighted by atomic mass is 79.9. The molecule has 0 radical (unpaired) electrons. The van der Waals surface area contributed by atoms with Crippen LogP contribution < -0.4 is 0 Å². The maximum Gasteiger partial charge on any atom is 0.410 e. The molecule has 0 bridgehead atoms. The minimum Gasteiger partial charge on any atom is -0.448 e. The molecule has 3 aliphatic rings. The normalized spacial score (nSPS) is 23.6. The van der Waals surface area contributed by atoms with Crippen LogP contribution in [-0.2, 0) is 9.47 Å². The van der Waals surface area contributed by atoms with E-state index < -0.39 is 12.3 Å². The monoisotopic (exact) mass is 536 g/mol. The molecule has 0 aliphatic carbocycles. The number of ether oxygens (including phenoxy) is 2. The Balaban J connectivity index is 1.65. The molecule has 2 aromatic rings. The summed E-state index contributed by atoms with van der Waals surface area (Å²) in [4.78, 5) is 25.5. The van der Waals surface area contributed by atoms with Crippen molar-refractivity contribution in [2.24, 2.45) is 4.99 Å². The van der Waals surface area contributed by atoms with Crippen molar-refractivity contribution in [1.82, 2.24) is 14.8 Å². The predicted octanol–water partition coefficient (Wildman–Crippen LogP) is 3.68. The number of fused-ring (bicyclic) bond motifs is 1. The van der Waals surface area contributed by atoms with E-state index in [-0.39, 0.29) is 18.0 Å². The van der Waals surface area contributed by atoms with Crippen LogP contribution >= 0.6 is 27.3 Å². The van der Waals surface area contributed by atoms with Gasteiger partial charge in [-0.25, -0.2) is 14.2 Å². The van der Waals surface area contributed by atoms with E-state index in [1.807, 2.05) is 10.3 Å². The van der Waals surface area contributed by atoms with Gasteiger partial charge in [0.25, 0.3) is 0 Å². The van der Waals surface area contributed by atoms with Gasteiger partial charge in [-0.1, -0.05) is 22.0 Å². The smallest absolute Gasteiger partial charge is 0.410 e. The summed E-state index contributed by atoms with van der Waals surface area (Å²) in [5.41, 5.74) is 2.12. The number of rotatable bonds is 6. The molecule has 1 N–H and O–H groups in total. The van der Waals surface area contributed by atoms with Crippen molar-refractivity contribution in [2.75, 3.05) is 26.3 Å². The van der Waals surface area contributed by atoms with Gasteiger partial charge in [0, 0.05) is 46.9 Å². The Kier molecular flexibility index (Phi) is 6.21. The Labute approximate surface area is 202 Å². The highest BCUT2D eigenvalue weighted by molar-refractivity contribution is 9.10. The van der Waals surface area contributed by atoms with E-state index in [2.05, 4.69) is 20.9 Å². The Morgan fingerprint density at radius 1 is 1.45 bits per heavy atom. The lowest BCUT2D eigenvalue weighted by Crippen LogP contribution is -2.40. The quantitative estimate of drug-likeness (QED) is 0.566. The first-order valence-corrected chi connectivity index (χ1v) is 12.3. The van der Waals surface area contributed by atoms with E-state index in [1.165, 1.54) is 23.5 Å². The molecule has 5 rings (SSSR count). The van der Waals surface area contributed by atoms with Crippen LogP contribution in [0.4, 0.5) is 9.18 Å². The van der Waals surface area contributed by atoms with E-state index in [0.717, 1.165) is 10.7 Å². The average molecular weight is 537 g/mol. The molecule has 1 aromatic carbocycles. The van der Waals surface area contributed by atoms with E-state index in [9.17, 15) is 14.3 Å². The van der Waals surface area contributed by atoms with Crippen molar-refractivity contribution in [3.63, 3.8) is 0 Å². The van der Waals surface area contributed by atoms with Crippen LogP contribution in [0.25, 0.3) is 0 Å². The van der Waals surface area contributed by atoms with E-state index in [1.54, 1.807) is 24.1 Å². The summed E-state index contributed by atoms with van der Waals surface area (Å²) in [7, 11) is 0. The standard InChI is InChI=1S/C22H22BrFN4O4S/c1-2-31-21(29)17-16-10-13(27-6-7-32-22(27)30)11-28(16)19(20-25-5-8-33-20)26-18(17)14-4-3-12(24)9-15(14)23/h3-5,8-9,13,18,21,29H,2,6-7,10-11H2,1H3/t13-,18+,21?/m1/s1. The summed E-state index contributed by atoms with van der Waals surface area (Å²) < 4.78 is 25.2. The van der Waals surface area contributed by atoms with Crippen molar-refractivity contribution < 1.29 is 23.8 Å². The fourth-order valence-electron chi connectivity index (χ4n) is 4.56. The maximum atomic E-state index is 13.8. The van der Waals surface area contributed by atoms with Crippen LogP contribution in [0.5, 0.6) is 0 Å². The number of aliphatic hydroxyl groups excluding tert-OH is 1. The lowest BCUT2D eigenvalue weighted by atomic mass is 9.94. The molecule has 1 unspecified atom stereocenters. The number of halogens is 2. The minimum absolute atomic E-state index is 0.139. The van der Waals surface area contributed by atoms with Gasteiger partial charge in [0.15, 0.2) is 17.1 Å². The zero-order valence-corrected chi connectivity index (χ0v) is 20.2. The topological polar surface area (TPSA) is 87.5 Å². The number of benzene rings is 1. The highest BCUT2D eigenvalue weighted by Gasteiger charge is 2.45. The Morgan fingerprint density at radius 3 is 2.97 bits per heavy atom. The molecule has 33 heavy (non-hydrogen) atoms. The fourth-order valence-corrected chi connectivity index (χ4v) is 5.77. The number of hydrogen-bond donors (Lipinski definition) is 1.